The summed E-state index contributed by atoms with van der Waals surface area (Å²) < 4.78 is 39.7. The van der Waals surface area contributed by atoms with Gasteiger partial charge in [0.05, 0.1) is 5.75 Å². The van der Waals surface area contributed by atoms with Crippen molar-refractivity contribution < 1.29 is 17.9 Å². The van der Waals surface area contributed by atoms with E-state index in [4.69, 9.17) is 21.1 Å². The first kappa shape index (κ1) is 21.8. The first-order valence-electron chi connectivity index (χ1n) is 11.8. The molecule has 172 valence electrons. The van der Waals surface area contributed by atoms with Gasteiger partial charge < -0.3 is 9.47 Å². The van der Waals surface area contributed by atoms with Crippen LogP contribution in [0.15, 0.2) is 12.1 Å². The van der Waals surface area contributed by atoms with Crippen LogP contribution in [-0.4, -0.2) is 61.7 Å². The van der Waals surface area contributed by atoms with Crippen molar-refractivity contribution in [2.45, 2.75) is 63.5 Å². The fourth-order valence-electron chi connectivity index (χ4n) is 5.99. The van der Waals surface area contributed by atoms with Crippen LogP contribution < -0.4 is 9.47 Å². The van der Waals surface area contributed by atoms with Gasteiger partial charge in [-0.1, -0.05) is 12.8 Å². The van der Waals surface area contributed by atoms with Crippen molar-refractivity contribution in [2.24, 2.45) is 5.92 Å². The molecular weight excluding hydrogens is 436 g/mol. The SMILES string of the molecule is O=S(=O)(CCCCCCCl)N1CCC[C@@H]2CN3CCc4cc5c(cc4[C@@H]3C[C@@H]21)OCO5. The second-order valence-corrected chi connectivity index (χ2v) is 11.8. The summed E-state index contributed by atoms with van der Waals surface area (Å²) in [5, 5.41) is 0. The molecule has 0 bridgehead atoms. The second kappa shape index (κ2) is 9.08. The highest BCUT2D eigenvalue weighted by Gasteiger charge is 2.46. The third kappa shape index (κ3) is 4.31. The van der Waals surface area contributed by atoms with Gasteiger partial charge in [0.2, 0.25) is 16.8 Å². The molecule has 2 fully saturated rings. The summed E-state index contributed by atoms with van der Waals surface area (Å²) in [6.45, 7) is 2.99. The van der Waals surface area contributed by atoms with Gasteiger partial charge in [0.1, 0.15) is 0 Å². The average Bonchev–Trinajstić information content (AvgIpc) is 3.23. The number of halogens is 1. The Kier molecular flexibility index (Phi) is 6.39. The zero-order chi connectivity index (χ0) is 21.4. The molecular formula is C23H33ClN2O4S. The molecule has 0 unspecified atom stereocenters. The molecule has 0 spiro atoms. The van der Waals surface area contributed by atoms with Crippen LogP contribution in [0.4, 0.5) is 0 Å². The minimum Gasteiger partial charge on any atom is -0.454 e. The number of nitrogens with zero attached hydrogens (tertiary/aromatic N) is 2. The van der Waals surface area contributed by atoms with E-state index in [-0.39, 0.29) is 24.6 Å². The van der Waals surface area contributed by atoms with Crippen molar-refractivity contribution in [3.05, 3.63) is 23.3 Å². The first-order chi connectivity index (χ1) is 15.1. The number of benzene rings is 1. The summed E-state index contributed by atoms with van der Waals surface area (Å²) >= 11 is 5.75. The molecule has 3 atom stereocenters. The lowest BCUT2D eigenvalue weighted by Gasteiger charge is -2.51. The molecule has 0 radical (unpaired) electrons. The van der Waals surface area contributed by atoms with Crippen molar-refractivity contribution in [1.82, 2.24) is 9.21 Å². The standard InChI is InChI=1S/C23H33ClN2O4S/c24-8-3-1-2-4-11-31(27,28)26-9-5-6-18-15-25-10-7-17-12-22-23(30-16-29-22)13-19(17)21(25)14-20(18)26/h12-13,18,20-21H,1-11,14-16H2/t18-,20+,21+/m1/s1. The third-order valence-corrected chi connectivity index (χ3v) is 9.79. The van der Waals surface area contributed by atoms with Gasteiger partial charge in [0.15, 0.2) is 11.5 Å². The number of hydrogen-bond acceptors (Lipinski definition) is 5. The Labute approximate surface area is 190 Å². The monoisotopic (exact) mass is 468 g/mol. The van der Waals surface area contributed by atoms with Crippen molar-refractivity contribution in [3.8, 4) is 11.5 Å². The Morgan fingerprint density at radius 2 is 1.87 bits per heavy atom. The molecule has 0 saturated carbocycles. The summed E-state index contributed by atoms with van der Waals surface area (Å²) in [5.41, 5.74) is 2.63. The quantitative estimate of drug-likeness (QED) is 0.448. The van der Waals surface area contributed by atoms with Crippen molar-refractivity contribution in [3.63, 3.8) is 0 Å². The van der Waals surface area contributed by atoms with E-state index in [1.165, 1.54) is 11.1 Å². The summed E-state index contributed by atoms with van der Waals surface area (Å²) in [6.07, 6.45) is 7.64. The van der Waals surface area contributed by atoms with Gasteiger partial charge in [0.25, 0.3) is 0 Å². The van der Waals surface area contributed by atoms with E-state index < -0.39 is 10.0 Å². The van der Waals surface area contributed by atoms with E-state index in [9.17, 15) is 8.42 Å². The maximum atomic E-state index is 13.3. The predicted octanol–water partition coefficient (Wildman–Crippen LogP) is 3.93. The Balaban J connectivity index is 1.34. The maximum absolute atomic E-state index is 13.3. The molecule has 1 aromatic carbocycles. The van der Waals surface area contributed by atoms with Gasteiger partial charge in [0, 0.05) is 37.6 Å². The Morgan fingerprint density at radius 3 is 2.71 bits per heavy atom. The Hall–Kier alpha value is -1.02. The lowest BCUT2D eigenvalue weighted by molar-refractivity contribution is 0.0219. The average molecular weight is 469 g/mol. The van der Waals surface area contributed by atoms with Crippen LogP contribution in [0.5, 0.6) is 11.5 Å². The van der Waals surface area contributed by atoms with Crippen molar-refractivity contribution >= 4 is 21.6 Å². The molecule has 0 amide bonds. The molecule has 0 aromatic heterocycles. The van der Waals surface area contributed by atoms with E-state index in [0.29, 0.717) is 18.3 Å². The van der Waals surface area contributed by atoms with Gasteiger partial charge in [-0.25, -0.2) is 8.42 Å². The second-order valence-electron chi connectivity index (χ2n) is 9.40. The van der Waals surface area contributed by atoms with Gasteiger partial charge in [-0.3, -0.25) is 4.90 Å². The van der Waals surface area contributed by atoms with Gasteiger partial charge >= 0.3 is 0 Å². The highest BCUT2D eigenvalue weighted by Crippen LogP contribution is 2.46. The first-order valence-corrected chi connectivity index (χ1v) is 13.9. The maximum Gasteiger partial charge on any atom is 0.231 e. The van der Waals surface area contributed by atoms with Crippen molar-refractivity contribution in [2.75, 3.05) is 38.1 Å². The fourth-order valence-corrected chi connectivity index (χ4v) is 8.06. The number of piperidine rings is 2. The molecule has 1 aromatic rings. The molecule has 5 rings (SSSR count). The van der Waals surface area contributed by atoms with E-state index in [1.54, 1.807) is 0 Å². The van der Waals surface area contributed by atoms with E-state index in [2.05, 4.69) is 17.0 Å². The summed E-state index contributed by atoms with van der Waals surface area (Å²) in [6, 6.07) is 4.66. The number of unbranched alkanes of at least 4 members (excludes halogenated alkanes) is 3. The van der Waals surface area contributed by atoms with Crippen LogP contribution in [0.3, 0.4) is 0 Å². The largest absolute Gasteiger partial charge is 0.454 e. The normalized spacial score (nSPS) is 28.1. The van der Waals surface area contributed by atoms with E-state index in [1.807, 2.05) is 4.31 Å². The molecule has 8 heteroatoms. The predicted molar refractivity (Wildman–Crippen MR) is 121 cm³/mol. The summed E-state index contributed by atoms with van der Waals surface area (Å²) in [5.74, 6) is 3.03. The van der Waals surface area contributed by atoms with Gasteiger partial charge in [-0.2, -0.15) is 4.31 Å². The van der Waals surface area contributed by atoms with Crippen LogP contribution in [0.25, 0.3) is 0 Å². The number of ether oxygens (including phenoxy) is 2. The lowest BCUT2D eigenvalue weighted by Crippen LogP contribution is -2.57. The number of alkyl halides is 1. The van der Waals surface area contributed by atoms with Gasteiger partial charge in [-0.15, -0.1) is 11.6 Å². The van der Waals surface area contributed by atoms with Crippen LogP contribution >= 0.6 is 11.6 Å². The molecule has 4 aliphatic rings. The molecule has 0 N–H and O–H groups in total. The fraction of sp³-hybridized carbons (Fsp3) is 0.739. The van der Waals surface area contributed by atoms with Crippen molar-refractivity contribution in [1.29, 1.82) is 0 Å². The molecule has 4 heterocycles. The Morgan fingerprint density at radius 1 is 1.06 bits per heavy atom. The topological polar surface area (TPSA) is 59.1 Å². The highest BCUT2D eigenvalue weighted by atomic mass is 35.5. The number of rotatable bonds is 7. The van der Waals surface area contributed by atoms with Gasteiger partial charge in [-0.05, 0) is 67.7 Å². The number of fused-ring (bicyclic) bond motifs is 5. The zero-order valence-corrected chi connectivity index (χ0v) is 19.7. The van der Waals surface area contributed by atoms with Crippen LogP contribution in [0.1, 0.15) is 62.1 Å². The number of sulfonamides is 1. The molecule has 4 aliphatic heterocycles. The minimum atomic E-state index is -3.23. The smallest absolute Gasteiger partial charge is 0.231 e. The van der Waals surface area contributed by atoms with E-state index in [0.717, 1.165) is 76.0 Å². The molecule has 31 heavy (non-hydrogen) atoms. The van der Waals surface area contributed by atoms with E-state index >= 15 is 0 Å². The molecule has 2 saturated heterocycles. The Bertz CT molecular complexity index is 909. The highest BCUT2D eigenvalue weighted by molar-refractivity contribution is 7.89. The third-order valence-electron chi connectivity index (χ3n) is 7.55. The van der Waals surface area contributed by atoms with Crippen LogP contribution in [0.2, 0.25) is 0 Å². The van der Waals surface area contributed by atoms with Crippen LogP contribution in [-0.2, 0) is 16.4 Å². The molecule has 6 nitrogen and oxygen atoms in total. The molecule has 0 aliphatic carbocycles. The number of hydrogen-bond donors (Lipinski definition) is 0. The summed E-state index contributed by atoms with van der Waals surface area (Å²) in [4.78, 5) is 2.58. The summed E-state index contributed by atoms with van der Waals surface area (Å²) in [7, 11) is -3.23. The lowest BCUT2D eigenvalue weighted by atomic mass is 9.77. The minimum absolute atomic E-state index is 0.110. The van der Waals surface area contributed by atoms with Crippen LogP contribution in [0, 0.1) is 5.92 Å². The zero-order valence-electron chi connectivity index (χ0n) is 18.1.